The first-order valence-corrected chi connectivity index (χ1v) is 7.58. The molecule has 0 bridgehead atoms. The first kappa shape index (κ1) is 14.2. The number of rotatable bonds is 1. The fraction of sp³-hybridized carbons (Fsp3) is 0.625. The maximum atomic E-state index is 12.3. The maximum Gasteiger partial charge on any atom is 0.410 e. The summed E-state index contributed by atoms with van der Waals surface area (Å²) in [6.45, 7) is 8.41. The molecule has 1 aromatic rings. The number of amides is 1. The number of carbonyl (C=O) groups is 1. The van der Waals surface area contributed by atoms with Crippen molar-refractivity contribution in [1.29, 1.82) is 0 Å². The molecule has 3 rings (SSSR count). The zero-order valence-corrected chi connectivity index (χ0v) is 13.0. The summed E-state index contributed by atoms with van der Waals surface area (Å²) >= 11 is 0. The molecule has 1 aromatic heterocycles. The lowest BCUT2D eigenvalue weighted by molar-refractivity contribution is 0.0229. The number of aromatic nitrogens is 1. The predicted octanol–water partition coefficient (Wildman–Crippen LogP) is 2.53. The molecule has 3 heterocycles. The molecular formula is C16H23N3O2. The van der Waals surface area contributed by atoms with E-state index in [1.165, 1.54) is 0 Å². The molecule has 0 unspecified atom stereocenters. The van der Waals surface area contributed by atoms with Gasteiger partial charge in [-0.2, -0.15) is 0 Å². The highest BCUT2D eigenvalue weighted by atomic mass is 16.6. The van der Waals surface area contributed by atoms with Gasteiger partial charge >= 0.3 is 6.09 Å². The number of ether oxygens (including phenoxy) is 1. The lowest BCUT2D eigenvalue weighted by atomic mass is 10.1. The van der Waals surface area contributed by atoms with Crippen molar-refractivity contribution < 1.29 is 9.53 Å². The second-order valence-electron chi connectivity index (χ2n) is 6.91. The third-order valence-electron chi connectivity index (χ3n) is 4.19. The van der Waals surface area contributed by atoms with Crippen LogP contribution in [0.15, 0.2) is 24.5 Å². The lowest BCUT2D eigenvalue weighted by Gasteiger charge is -2.28. The van der Waals surface area contributed by atoms with Crippen molar-refractivity contribution in [3.63, 3.8) is 0 Å². The number of pyridine rings is 1. The highest BCUT2D eigenvalue weighted by Gasteiger charge is 2.44. The summed E-state index contributed by atoms with van der Waals surface area (Å²) in [6, 6.07) is 4.29. The van der Waals surface area contributed by atoms with Crippen LogP contribution in [-0.2, 0) is 4.74 Å². The zero-order chi connectivity index (χ0) is 15.0. The Balaban J connectivity index is 1.68. The van der Waals surface area contributed by atoms with Crippen molar-refractivity contribution in [3.05, 3.63) is 24.5 Å². The van der Waals surface area contributed by atoms with Crippen LogP contribution in [0.2, 0.25) is 0 Å². The van der Waals surface area contributed by atoms with Crippen LogP contribution < -0.4 is 4.90 Å². The summed E-state index contributed by atoms with van der Waals surface area (Å²) in [6.07, 6.45) is 4.55. The van der Waals surface area contributed by atoms with E-state index in [2.05, 4.69) is 16.0 Å². The van der Waals surface area contributed by atoms with E-state index in [1.807, 2.05) is 37.9 Å². The first-order chi connectivity index (χ1) is 9.94. The fourth-order valence-corrected chi connectivity index (χ4v) is 3.26. The van der Waals surface area contributed by atoms with Crippen LogP contribution in [0.1, 0.15) is 27.2 Å². The van der Waals surface area contributed by atoms with E-state index in [1.54, 1.807) is 6.20 Å². The van der Waals surface area contributed by atoms with E-state index in [9.17, 15) is 4.79 Å². The second-order valence-corrected chi connectivity index (χ2v) is 6.91. The number of hydrogen-bond donors (Lipinski definition) is 0. The summed E-state index contributed by atoms with van der Waals surface area (Å²) in [5.41, 5.74) is 0.702. The molecule has 0 N–H and O–H groups in total. The van der Waals surface area contributed by atoms with Crippen LogP contribution in [0, 0.1) is 5.92 Å². The average molecular weight is 289 g/mol. The van der Waals surface area contributed by atoms with Crippen molar-refractivity contribution in [3.8, 4) is 0 Å². The van der Waals surface area contributed by atoms with Crippen molar-refractivity contribution in [2.75, 3.05) is 24.5 Å². The van der Waals surface area contributed by atoms with Gasteiger partial charge in [-0.3, -0.25) is 4.98 Å². The molecule has 1 amide bonds. The number of likely N-dealkylation sites (tertiary alicyclic amines) is 1. The number of fused-ring (bicyclic) bond motifs is 1. The maximum absolute atomic E-state index is 12.3. The van der Waals surface area contributed by atoms with Gasteiger partial charge in [0.1, 0.15) is 5.60 Å². The first-order valence-electron chi connectivity index (χ1n) is 7.58. The van der Waals surface area contributed by atoms with Crippen LogP contribution in [0.3, 0.4) is 0 Å². The van der Waals surface area contributed by atoms with Crippen LogP contribution in [0.4, 0.5) is 10.5 Å². The second kappa shape index (κ2) is 5.20. The van der Waals surface area contributed by atoms with Crippen LogP contribution in [0.5, 0.6) is 0 Å². The number of hydrogen-bond acceptors (Lipinski definition) is 4. The number of anilines is 1. The minimum atomic E-state index is -0.434. The third-order valence-corrected chi connectivity index (χ3v) is 4.19. The molecule has 5 nitrogen and oxygen atoms in total. The van der Waals surface area contributed by atoms with Gasteiger partial charge in [0.2, 0.25) is 0 Å². The molecule has 0 aromatic carbocycles. The summed E-state index contributed by atoms with van der Waals surface area (Å²) in [4.78, 5) is 20.7. The van der Waals surface area contributed by atoms with Crippen LogP contribution in [-0.4, -0.2) is 47.3 Å². The number of carbonyl (C=O) groups excluding carboxylic acids is 1. The van der Waals surface area contributed by atoms with E-state index in [0.29, 0.717) is 5.92 Å². The molecule has 0 aliphatic carbocycles. The highest BCUT2D eigenvalue weighted by Crippen LogP contribution is 2.34. The topological polar surface area (TPSA) is 45.7 Å². The van der Waals surface area contributed by atoms with Gasteiger partial charge in [-0.25, -0.2) is 4.79 Å². The van der Waals surface area contributed by atoms with Gasteiger partial charge in [-0.1, -0.05) is 0 Å². The third kappa shape index (κ3) is 2.96. The van der Waals surface area contributed by atoms with E-state index >= 15 is 0 Å². The van der Waals surface area contributed by atoms with E-state index < -0.39 is 5.60 Å². The van der Waals surface area contributed by atoms with Crippen molar-refractivity contribution in [2.24, 2.45) is 5.92 Å². The minimum Gasteiger partial charge on any atom is -0.444 e. The Bertz CT molecular complexity index is 512. The molecule has 0 radical (unpaired) electrons. The van der Waals surface area contributed by atoms with Gasteiger partial charge in [0.25, 0.3) is 0 Å². The molecular weight excluding hydrogens is 266 g/mol. The Morgan fingerprint density at radius 2 is 2.19 bits per heavy atom. The highest BCUT2D eigenvalue weighted by molar-refractivity contribution is 5.69. The normalized spacial score (nSPS) is 25.1. The average Bonchev–Trinajstić information content (AvgIpc) is 2.96. The van der Waals surface area contributed by atoms with Gasteiger partial charge < -0.3 is 14.5 Å². The quantitative estimate of drug-likeness (QED) is 0.797. The summed E-state index contributed by atoms with van der Waals surface area (Å²) in [5.74, 6) is 0.540. The van der Waals surface area contributed by atoms with Crippen molar-refractivity contribution in [1.82, 2.24) is 9.88 Å². The van der Waals surface area contributed by atoms with Gasteiger partial charge in [0.05, 0.1) is 17.9 Å². The van der Waals surface area contributed by atoms with Crippen LogP contribution in [0.25, 0.3) is 0 Å². The monoisotopic (exact) mass is 289 g/mol. The zero-order valence-electron chi connectivity index (χ0n) is 13.0. The van der Waals surface area contributed by atoms with E-state index in [-0.39, 0.29) is 12.1 Å². The standard InChI is InChI=1S/C16H23N3O2/c1-16(2,3)21-15(20)19-8-6-12-10-18(11-14(12)19)13-5-4-7-17-9-13/h4-5,7,9,12,14H,6,8,10-11H2,1-3H3/t12-,14+/m1/s1. The molecule has 2 aliphatic rings. The summed E-state index contributed by atoms with van der Waals surface area (Å²) < 4.78 is 5.53. The molecule has 2 atom stereocenters. The Morgan fingerprint density at radius 3 is 2.86 bits per heavy atom. The lowest BCUT2D eigenvalue weighted by Crippen LogP contribution is -2.42. The SMILES string of the molecule is CC(C)(C)OC(=O)N1CC[C@@H]2CN(c3cccnc3)C[C@@H]21. The Labute approximate surface area is 125 Å². The number of nitrogens with zero attached hydrogens (tertiary/aromatic N) is 3. The van der Waals surface area contributed by atoms with Gasteiger partial charge in [-0.05, 0) is 39.3 Å². The van der Waals surface area contributed by atoms with Crippen molar-refractivity contribution >= 4 is 11.8 Å². The largest absolute Gasteiger partial charge is 0.444 e. The molecule has 114 valence electrons. The molecule has 0 saturated carbocycles. The molecule has 2 saturated heterocycles. The predicted molar refractivity (Wildman–Crippen MR) is 81.3 cm³/mol. The fourth-order valence-electron chi connectivity index (χ4n) is 3.26. The van der Waals surface area contributed by atoms with Gasteiger partial charge in [0.15, 0.2) is 0 Å². The molecule has 2 aliphatic heterocycles. The molecule has 0 spiro atoms. The summed E-state index contributed by atoms with van der Waals surface area (Å²) in [5, 5.41) is 0. The van der Waals surface area contributed by atoms with Crippen LogP contribution >= 0.6 is 0 Å². The van der Waals surface area contributed by atoms with Gasteiger partial charge in [-0.15, -0.1) is 0 Å². The Kier molecular flexibility index (Phi) is 3.51. The van der Waals surface area contributed by atoms with Gasteiger partial charge in [0, 0.05) is 31.7 Å². The van der Waals surface area contributed by atoms with E-state index in [0.717, 1.165) is 31.7 Å². The summed E-state index contributed by atoms with van der Waals surface area (Å²) in [7, 11) is 0. The molecule has 5 heteroatoms. The Hall–Kier alpha value is -1.78. The van der Waals surface area contributed by atoms with Crippen molar-refractivity contribution in [2.45, 2.75) is 38.8 Å². The smallest absolute Gasteiger partial charge is 0.410 e. The van der Waals surface area contributed by atoms with E-state index in [4.69, 9.17) is 4.74 Å². The Morgan fingerprint density at radius 1 is 1.38 bits per heavy atom. The molecule has 2 fully saturated rings. The minimum absolute atomic E-state index is 0.178. The molecule has 21 heavy (non-hydrogen) atoms.